The van der Waals surface area contributed by atoms with Gasteiger partial charge in [-0.25, -0.2) is 4.98 Å². The number of rotatable bonds is 2. The molecule has 5 nitrogen and oxygen atoms in total. The summed E-state index contributed by atoms with van der Waals surface area (Å²) < 4.78 is 0. The Morgan fingerprint density at radius 1 is 1.16 bits per heavy atom. The van der Waals surface area contributed by atoms with Gasteiger partial charge in [-0.05, 0) is 31.4 Å². The Morgan fingerprint density at radius 3 is 2.68 bits per heavy atom. The number of fused-ring (bicyclic) bond motifs is 1. The first-order valence-electron chi connectivity index (χ1n) is 6.54. The van der Waals surface area contributed by atoms with Gasteiger partial charge in [0, 0.05) is 24.7 Å². The number of hydrogen-bond donors (Lipinski definition) is 0. The molecular formula is C14H15N3O2. The van der Waals surface area contributed by atoms with E-state index >= 15 is 0 Å². The number of nitro benzene ring substituents is 1. The maximum Gasteiger partial charge on any atom is 0.318 e. The number of nitrogens with zero attached hydrogens (tertiary/aromatic N) is 3. The van der Waals surface area contributed by atoms with Crippen LogP contribution in [0, 0.1) is 10.1 Å². The van der Waals surface area contributed by atoms with Crippen LogP contribution in [0.3, 0.4) is 0 Å². The topological polar surface area (TPSA) is 59.3 Å². The Labute approximate surface area is 111 Å². The minimum Gasteiger partial charge on any atom is -0.366 e. The van der Waals surface area contributed by atoms with E-state index in [0.717, 1.165) is 31.3 Å². The molecule has 19 heavy (non-hydrogen) atoms. The maximum atomic E-state index is 11.4. The largest absolute Gasteiger partial charge is 0.366 e. The molecular weight excluding hydrogens is 242 g/mol. The summed E-state index contributed by atoms with van der Waals surface area (Å²) in [5.41, 5.74) is 1.33. The van der Waals surface area contributed by atoms with E-state index in [1.54, 1.807) is 12.3 Å². The first-order chi connectivity index (χ1) is 9.27. The summed E-state index contributed by atoms with van der Waals surface area (Å²) in [6.45, 7) is 1.78. The number of anilines is 1. The van der Waals surface area contributed by atoms with Gasteiger partial charge in [0.2, 0.25) is 0 Å². The van der Waals surface area contributed by atoms with Gasteiger partial charge in [-0.3, -0.25) is 10.1 Å². The second-order valence-corrected chi connectivity index (χ2v) is 4.81. The predicted octanol–water partition coefficient (Wildman–Crippen LogP) is 3.13. The fourth-order valence-electron chi connectivity index (χ4n) is 2.69. The van der Waals surface area contributed by atoms with Crippen LogP contribution in [-0.2, 0) is 0 Å². The van der Waals surface area contributed by atoms with Gasteiger partial charge in [-0.2, -0.15) is 0 Å². The highest BCUT2D eigenvalue weighted by Gasteiger charge is 2.24. The molecule has 0 amide bonds. The van der Waals surface area contributed by atoms with Crippen molar-refractivity contribution in [3.63, 3.8) is 0 Å². The van der Waals surface area contributed by atoms with E-state index in [1.165, 1.54) is 6.42 Å². The normalized spacial score (nSPS) is 15.7. The summed E-state index contributed by atoms with van der Waals surface area (Å²) in [5, 5.41) is 12.2. The summed E-state index contributed by atoms with van der Waals surface area (Å²) in [4.78, 5) is 17.4. The summed E-state index contributed by atoms with van der Waals surface area (Å²) in [7, 11) is 0. The third kappa shape index (κ3) is 2.12. The van der Waals surface area contributed by atoms with E-state index in [-0.39, 0.29) is 10.6 Å². The summed E-state index contributed by atoms with van der Waals surface area (Å²) >= 11 is 0. The molecule has 0 unspecified atom stereocenters. The van der Waals surface area contributed by atoms with Crippen LogP contribution in [0.1, 0.15) is 19.3 Å². The van der Waals surface area contributed by atoms with Crippen molar-refractivity contribution >= 4 is 22.3 Å². The summed E-state index contributed by atoms with van der Waals surface area (Å²) in [6.07, 6.45) is 5.00. The lowest BCUT2D eigenvalue weighted by Crippen LogP contribution is -2.30. The van der Waals surface area contributed by atoms with Crippen molar-refractivity contribution in [3.8, 4) is 0 Å². The number of pyridine rings is 1. The van der Waals surface area contributed by atoms with E-state index in [9.17, 15) is 10.1 Å². The minimum atomic E-state index is -0.306. The first-order valence-corrected chi connectivity index (χ1v) is 6.54. The molecule has 0 atom stereocenters. The van der Waals surface area contributed by atoms with Crippen LogP contribution in [0.5, 0.6) is 0 Å². The van der Waals surface area contributed by atoms with Crippen molar-refractivity contribution in [2.45, 2.75) is 19.3 Å². The average Bonchev–Trinajstić information content (AvgIpc) is 2.46. The number of benzene rings is 1. The zero-order valence-corrected chi connectivity index (χ0v) is 10.6. The molecule has 1 aliphatic heterocycles. The Hall–Kier alpha value is -2.17. The van der Waals surface area contributed by atoms with E-state index in [2.05, 4.69) is 9.88 Å². The summed E-state index contributed by atoms with van der Waals surface area (Å²) in [6, 6.07) is 7.43. The molecule has 0 radical (unpaired) electrons. The van der Waals surface area contributed by atoms with Crippen LogP contribution in [0.25, 0.3) is 10.9 Å². The van der Waals surface area contributed by atoms with Gasteiger partial charge >= 0.3 is 5.69 Å². The molecule has 3 rings (SSSR count). The molecule has 5 heteroatoms. The zero-order chi connectivity index (χ0) is 13.2. The molecule has 1 fully saturated rings. The molecule has 1 aliphatic rings. The average molecular weight is 257 g/mol. The van der Waals surface area contributed by atoms with E-state index in [1.807, 2.05) is 18.2 Å². The van der Waals surface area contributed by atoms with Gasteiger partial charge in [-0.1, -0.05) is 12.1 Å². The second-order valence-electron chi connectivity index (χ2n) is 4.81. The highest BCUT2D eigenvalue weighted by molar-refractivity contribution is 5.93. The molecule has 2 aromatic rings. The highest BCUT2D eigenvalue weighted by atomic mass is 16.6. The van der Waals surface area contributed by atoms with Crippen molar-refractivity contribution in [1.29, 1.82) is 0 Å². The van der Waals surface area contributed by atoms with E-state index in [0.29, 0.717) is 11.2 Å². The smallest absolute Gasteiger partial charge is 0.318 e. The fraction of sp³-hybridized carbons (Fsp3) is 0.357. The van der Waals surface area contributed by atoms with Gasteiger partial charge < -0.3 is 4.90 Å². The second kappa shape index (κ2) is 4.84. The van der Waals surface area contributed by atoms with E-state index < -0.39 is 0 Å². The van der Waals surface area contributed by atoms with Crippen LogP contribution >= 0.6 is 0 Å². The third-order valence-electron chi connectivity index (χ3n) is 3.61. The van der Waals surface area contributed by atoms with Crippen molar-refractivity contribution in [3.05, 3.63) is 40.6 Å². The molecule has 0 N–H and O–H groups in total. The van der Waals surface area contributed by atoms with E-state index in [4.69, 9.17) is 0 Å². The first kappa shape index (κ1) is 11.9. The SMILES string of the molecule is O=[N+]([O-])c1c(N2CCCCC2)ccc2cccnc12. The van der Waals surface area contributed by atoms with Gasteiger partial charge in [0.1, 0.15) is 11.2 Å². The standard InChI is InChI=1S/C14H15N3O2/c18-17(19)14-12(16-9-2-1-3-10-16)7-6-11-5-4-8-15-13(11)14/h4-8H,1-3,9-10H2. The number of nitro groups is 1. The molecule has 0 aliphatic carbocycles. The monoisotopic (exact) mass is 257 g/mol. The molecule has 98 valence electrons. The van der Waals surface area contributed by atoms with Crippen molar-refractivity contribution in [2.75, 3.05) is 18.0 Å². The third-order valence-corrected chi connectivity index (χ3v) is 3.61. The lowest BCUT2D eigenvalue weighted by atomic mass is 10.1. The Kier molecular flexibility index (Phi) is 3.03. The quantitative estimate of drug-likeness (QED) is 0.612. The number of piperidine rings is 1. The van der Waals surface area contributed by atoms with Crippen LogP contribution in [0.4, 0.5) is 11.4 Å². The lowest BCUT2D eigenvalue weighted by molar-refractivity contribution is -0.382. The minimum absolute atomic E-state index is 0.139. The molecule has 0 bridgehead atoms. The number of hydrogen-bond acceptors (Lipinski definition) is 4. The molecule has 0 saturated carbocycles. The zero-order valence-electron chi connectivity index (χ0n) is 10.6. The molecule has 1 aromatic carbocycles. The highest BCUT2D eigenvalue weighted by Crippen LogP contribution is 2.35. The Balaban J connectivity index is 2.18. The van der Waals surface area contributed by atoms with Crippen LogP contribution in [-0.4, -0.2) is 23.0 Å². The van der Waals surface area contributed by atoms with Crippen molar-refractivity contribution < 1.29 is 4.92 Å². The van der Waals surface area contributed by atoms with Crippen molar-refractivity contribution in [2.24, 2.45) is 0 Å². The van der Waals surface area contributed by atoms with Crippen LogP contribution < -0.4 is 4.90 Å². The van der Waals surface area contributed by atoms with Gasteiger partial charge in [0.25, 0.3) is 0 Å². The molecule has 0 spiro atoms. The van der Waals surface area contributed by atoms with Gasteiger partial charge in [-0.15, -0.1) is 0 Å². The Bertz CT molecular complexity index is 621. The fourth-order valence-corrected chi connectivity index (χ4v) is 2.69. The molecule has 1 aromatic heterocycles. The summed E-state index contributed by atoms with van der Waals surface area (Å²) in [5.74, 6) is 0. The number of aromatic nitrogens is 1. The Morgan fingerprint density at radius 2 is 1.95 bits per heavy atom. The molecule has 1 saturated heterocycles. The van der Waals surface area contributed by atoms with Gasteiger partial charge in [0.15, 0.2) is 0 Å². The van der Waals surface area contributed by atoms with Crippen LogP contribution in [0.15, 0.2) is 30.5 Å². The molecule has 2 heterocycles. The van der Waals surface area contributed by atoms with Crippen molar-refractivity contribution in [1.82, 2.24) is 4.98 Å². The lowest BCUT2D eigenvalue weighted by Gasteiger charge is -2.28. The van der Waals surface area contributed by atoms with Gasteiger partial charge in [0.05, 0.1) is 4.92 Å². The predicted molar refractivity (Wildman–Crippen MR) is 74.5 cm³/mol. The van der Waals surface area contributed by atoms with Crippen LogP contribution in [0.2, 0.25) is 0 Å². The maximum absolute atomic E-state index is 11.4.